The van der Waals surface area contributed by atoms with Crippen molar-refractivity contribution in [3.63, 3.8) is 0 Å². The van der Waals surface area contributed by atoms with Crippen LogP contribution in [0, 0.1) is 5.40 Å². The lowest BCUT2D eigenvalue weighted by Gasteiger charge is -2.34. The standard InChI is InChI=1S/C36H44N10O3/c1-42(2)30-12-7-25(8-13-30)6-10-27-11-9-26(22-39-27)34(47)40-28-21-32(45(5)23-28)36(49)41-29-20-31(44(4)24-29)35(48)38-15-14-33(37)46-18-16-43(3)17-19-46/h6-13,20-24,37H,14-19H2,1-5H3,(H,38,48)(H,40,47)(H,41,49)/b10-6?,37-33+. The number of benzene rings is 1. The highest BCUT2D eigenvalue weighted by atomic mass is 16.2. The molecule has 0 bridgehead atoms. The summed E-state index contributed by atoms with van der Waals surface area (Å²) in [6.45, 7) is 3.74. The van der Waals surface area contributed by atoms with Gasteiger partial charge in [-0.25, -0.2) is 0 Å². The maximum absolute atomic E-state index is 13.2. The Morgan fingerprint density at radius 2 is 1.49 bits per heavy atom. The SMILES string of the molecule is [H]/N=C(\CCNC(=O)c1cc(NC(=O)c2cc(NC(=O)c3ccc(C=Cc4ccc(N(C)C)cc4)nc3)cn2C)cn1C)N1CCN(C)CC1. The van der Waals surface area contributed by atoms with Crippen molar-refractivity contribution in [2.45, 2.75) is 6.42 Å². The van der Waals surface area contributed by atoms with E-state index >= 15 is 0 Å². The molecule has 3 aromatic heterocycles. The van der Waals surface area contributed by atoms with Crippen molar-refractivity contribution < 1.29 is 15.8 Å². The maximum Gasteiger partial charge on any atom is 0.272 e. The van der Waals surface area contributed by atoms with Gasteiger partial charge in [-0.2, -0.15) is 0 Å². The maximum atomic E-state index is 13.2. The first-order valence-electron chi connectivity index (χ1n) is 16.5. The van der Waals surface area contributed by atoms with Crippen LogP contribution in [0.3, 0.4) is 0 Å². The van der Waals surface area contributed by atoms with Gasteiger partial charge < -0.3 is 39.8 Å². The Morgan fingerprint density at radius 1 is 0.857 bits per heavy atom. The van der Waals surface area contributed by atoms with Crippen LogP contribution in [-0.2, 0) is 14.1 Å². The molecule has 5 rings (SSSR count). The summed E-state index contributed by atoms with van der Waals surface area (Å²) in [7, 11) is 9.49. The van der Waals surface area contributed by atoms with Gasteiger partial charge in [0, 0.05) is 91.6 Å². The van der Waals surface area contributed by atoms with Crippen LogP contribution in [0.25, 0.3) is 12.2 Å². The number of nitrogens with one attached hydrogen (secondary N) is 4. The molecular weight excluding hydrogens is 620 g/mol. The fourth-order valence-electron chi connectivity index (χ4n) is 5.42. The molecule has 1 aliphatic rings. The lowest BCUT2D eigenvalue weighted by Crippen LogP contribution is -2.47. The molecule has 1 saturated heterocycles. The molecule has 13 nitrogen and oxygen atoms in total. The zero-order chi connectivity index (χ0) is 35.8. The normalized spacial score (nSPS) is 14.1. The summed E-state index contributed by atoms with van der Waals surface area (Å²) in [5.74, 6) is -0.401. The summed E-state index contributed by atoms with van der Waals surface area (Å²) in [5.41, 5.74) is 4.85. The molecule has 1 aliphatic heterocycles. The van der Waals surface area contributed by atoms with Crippen LogP contribution in [0.4, 0.5) is 17.1 Å². The highest BCUT2D eigenvalue weighted by Crippen LogP contribution is 2.19. The Labute approximate surface area is 288 Å². The molecule has 0 radical (unpaired) electrons. The molecule has 4 heterocycles. The second-order valence-corrected chi connectivity index (χ2v) is 12.4. The number of aromatic nitrogens is 3. The Hall–Kier alpha value is -5.69. The molecule has 0 spiro atoms. The number of anilines is 3. The van der Waals surface area contributed by atoms with Crippen LogP contribution in [-0.4, -0.2) is 101 Å². The van der Waals surface area contributed by atoms with Crippen LogP contribution < -0.4 is 20.9 Å². The first kappa shape index (κ1) is 33.2. The molecule has 0 unspecified atom stereocenters. The van der Waals surface area contributed by atoms with Gasteiger partial charge in [0.25, 0.3) is 17.7 Å². The number of likely N-dealkylation sites (N-methyl/N-ethyl adjacent to an activating group) is 1. The second kappa shape index (κ2) is 15.5. The van der Waals surface area contributed by atoms with Crippen LogP contribution in [0.1, 0.15) is 49.0 Å². The van der Waals surface area contributed by atoms with E-state index in [2.05, 4.69) is 43.2 Å². The number of amidine groups is 1. The van der Waals surface area contributed by atoms with E-state index < -0.39 is 5.91 Å². The lowest BCUT2D eigenvalue weighted by molar-refractivity contribution is 0.0944. The van der Waals surface area contributed by atoms with Gasteiger partial charge in [-0.15, -0.1) is 0 Å². The summed E-state index contributed by atoms with van der Waals surface area (Å²) in [4.78, 5) is 49.8. The van der Waals surface area contributed by atoms with Gasteiger partial charge in [0.1, 0.15) is 11.4 Å². The number of carbonyl (C=O) groups is 3. The number of pyridine rings is 1. The molecule has 49 heavy (non-hydrogen) atoms. The smallest absolute Gasteiger partial charge is 0.272 e. The Kier molecular flexibility index (Phi) is 10.5. The van der Waals surface area contributed by atoms with Crippen molar-refractivity contribution >= 4 is 52.8 Å². The number of hydrogen-bond acceptors (Lipinski definition) is 7. The van der Waals surface area contributed by atoms with E-state index in [1.807, 2.05) is 55.4 Å². The highest BCUT2D eigenvalue weighted by molar-refractivity contribution is 6.07. The fraction of sp³-hybridized carbons (Fsp3) is 0.306. The Morgan fingerprint density at radius 3 is 2.08 bits per heavy atom. The monoisotopic (exact) mass is 664 g/mol. The first-order chi connectivity index (χ1) is 24.0. The molecular formula is C36H44N10O3. The minimum absolute atomic E-state index is 0.298. The van der Waals surface area contributed by atoms with E-state index in [1.165, 1.54) is 6.20 Å². The van der Waals surface area contributed by atoms with Gasteiger partial charge in [0.2, 0.25) is 0 Å². The molecule has 4 aromatic rings. The largest absolute Gasteiger partial charge is 0.378 e. The van der Waals surface area contributed by atoms with E-state index in [-0.39, 0.29) is 11.8 Å². The highest BCUT2D eigenvalue weighted by Gasteiger charge is 2.19. The number of amides is 3. The Bertz CT molecular complexity index is 1870. The summed E-state index contributed by atoms with van der Waals surface area (Å²) < 4.78 is 10.8. The number of carbonyl (C=O) groups excluding carboxylic acids is 3. The second-order valence-electron chi connectivity index (χ2n) is 12.4. The number of nitrogens with zero attached hydrogens (tertiary/aromatic N) is 6. The molecule has 4 N–H and O–H groups in total. The minimum Gasteiger partial charge on any atom is -0.378 e. The third-order valence-corrected chi connectivity index (χ3v) is 8.40. The molecule has 13 heteroatoms. The molecule has 0 aliphatic carbocycles. The number of rotatable bonds is 11. The van der Waals surface area contributed by atoms with Crippen molar-refractivity contribution in [1.29, 1.82) is 5.40 Å². The fourth-order valence-corrected chi connectivity index (χ4v) is 5.42. The average Bonchev–Trinajstić information content (AvgIpc) is 3.67. The predicted octanol–water partition coefficient (Wildman–Crippen LogP) is 3.84. The van der Waals surface area contributed by atoms with E-state index in [0.29, 0.717) is 52.8 Å². The van der Waals surface area contributed by atoms with Gasteiger partial charge in [0.05, 0.1) is 28.5 Å². The van der Waals surface area contributed by atoms with Crippen LogP contribution in [0.2, 0.25) is 1.41 Å². The predicted molar refractivity (Wildman–Crippen MR) is 194 cm³/mol. The molecule has 1 fully saturated rings. The van der Waals surface area contributed by atoms with Gasteiger partial charge in [0.15, 0.2) is 1.41 Å². The van der Waals surface area contributed by atoms with Crippen LogP contribution in [0.15, 0.2) is 67.1 Å². The Balaban J connectivity index is 1.12. The number of piperazine rings is 1. The number of hydrogen-bond donors (Lipinski definition) is 4. The third-order valence-electron chi connectivity index (χ3n) is 8.40. The van der Waals surface area contributed by atoms with Crippen molar-refractivity contribution in [3.05, 3.63) is 95.3 Å². The van der Waals surface area contributed by atoms with Gasteiger partial charge in [-0.3, -0.25) is 24.8 Å². The zero-order valence-electron chi connectivity index (χ0n) is 29.6. The van der Waals surface area contributed by atoms with Crippen LogP contribution >= 0.6 is 0 Å². The van der Waals surface area contributed by atoms with Crippen molar-refractivity contribution in [2.75, 3.05) is 69.4 Å². The molecule has 256 valence electrons. The van der Waals surface area contributed by atoms with Gasteiger partial charge in [-0.05, 0) is 55.1 Å². The van der Waals surface area contributed by atoms with E-state index in [0.717, 1.165) is 37.4 Å². The average molecular weight is 665 g/mol. The minimum atomic E-state index is -0.400. The molecule has 0 atom stereocenters. The summed E-state index contributed by atoms with van der Waals surface area (Å²) in [5, 5.41) is 12.2. The van der Waals surface area contributed by atoms with E-state index in [1.54, 1.807) is 59.9 Å². The van der Waals surface area contributed by atoms with Crippen molar-refractivity contribution in [1.82, 2.24) is 29.2 Å². The van der Waals surface area contributed by atoms with Gasteiger partial charge in [-0.1, -0.05) is 18.2 Å². The zero-order valence-corrected chi connectivity index (χ0v) is 28.6. The van der Waals surface area contributed by atoms with Crippen molar-refractivity contribution in [3.8, 4) is 0 Å². The molecule has 0 saturated carbocycles. The van der Waals surface area contributed by atoms with E-state index in [9.17, 15) is 14.4 Å². The quantitative estimate of drug-likeness (QED) is 0.141. The van der Waals surface area contributed by atoms with Gasteiger partial charge >= 0.3 is 0 Å². The van der Waals surface area contributed by atoms with Crippen LogP contribution in [0.5, 0.6) is 0 Å². The van der Waals surface area contributed by atoms with E-state index in [4.69, 9.17) is 1.41 Å². The lowest BCUT2D eigenvalue weighted by atomic mass is 10.1. The topological polar surface area (TPSA) is 144 Å². The van der Waals surface area contributed by atoms with Crippen molar-refractivity contribution in [2.24, 2.45) is 14.1 Å². The molecule has 1 aromatic carbocycles. The first-order valence-corrected chi connectivity index (χ1v) is 16.1. The summed E-state index contributed by atoms with van der Waals surface area (Å²) >= 11 is 0. The molecule has 3 amide bonds. The number of aryl methyl sites for hydroxylation is 2. The third kappa shape index (κ3) is 9.02. The summed E-state index contributed by atoms with van der Waals surface area (Å²) in [6.07, 6.45) is 9.13. The summed E-state index contributed by atoms with van der Waals surface area (Å²) in [6, 6.07) is 14.8.